The first-order valence-corrected chi connectivity index (χ1v) is 9.68. The van der Waals surface area contributed by atoms with Gasteiger partial charge in [0.2, 0.25) is 5.91 Å². The molecule has 0 saturated carbocycles. The van der Waals surface area contributed by atoms with Crippen molar-refractivity contribution in [3.63, 3.8) is 0 Å². The molecule has 2 aromatic rings. The molecule has 5 nitrogen and oxygen atoms in total. The Hall–Kier alpha value is -2.12. The van der Waals surface area contributed by atoms with E-state index in [0.29, 0.717) is 5.69 Å². The number of carbonyl (C=O) groups is 1. The lowest BCUT2D eigenvalue weighted by Gasteiger charge is -2.15. The highest BCUT2D eigenvalue weighted by Crippen LogP contribution is 2.32. The Labute approximate surface area is 145 Å². The summed E-state index contributed by atoms with van der Waals surface area (Å²) >= 11 is 1.15. The Morgan fingerprint density at radius 2 is 1.67 bits per heavy atom. The van der Waals surface area contributed by atoms with Crippen molar-refractivity contribution < 1.29 is 13.2 Å². The number of anilines is 1. The lowest BCUT2D eigenvalue weighted by molar-refractivity contribution is -0.116. The zero-order valence-corrected chi connectivity index (χ0v) is 14.8. The molecule has 124 valence electrons. The van der Waals surface area contributed by atoms with Gasteiger partial charge in [0.25, 0.3) is 10.0 Å². The molecule has 0 radical (unpaired) electrons. The SMILES string of the molecule is Cc1ccc(S(=O)(=O)/N=C2/SC(C)C(=O)N2c2ccccc2)cc1. The largest absolute Gasteiger partial charge is 0.284 e. The Morgan fingerprint density at radius 3 is 2.29 bits per heavy atom. The second kappa shape index (κ2) is 6.41. The van der Waals surface area contributed by atoms with Crippen molar-refractivity contribution in [3.8, 4) is 0 Å². The summed E-state index contributed by atoms with van der Waals surface area (Å²) in [6, 6.07) is 15.4. The first kappa shape index (κ1) is 16.7. The third-order valence-corrected chi connectivity index (χ3v) is 6.01. The fraction of sp³-hybridized carbons (Fsp3) is 0.176. The fourth-order valence-electron chi connectivity index (χ4n) is 2.28. The predicted molar refractivity (Wildman–Crippen MR) is 96.8 cm³/mol. The van der Waals surface area contributed by atoms with E-state index in [1.54, 1.807) is 43.3 Å². The van der Waals surface area contributed by atoms with Crippen LogP contribution in [0.15, 0.2) is 63.9 Å². The van der Waals surface area contributed by atoms with Gasteiger partial charge in [-0.3, -0.25) is 9.69 Å². The van der Waals surface area contributed by atoms with Gasteiger partial charge in [0.1, 0.15) is 0 Å². The minimum absolute atomic E-state index is 0.112. The Bertz CT molecular complexity index is 891. The summed E-state index contributed by atoms with van der Waals surface area (Å²) in [5.41, 5.74) is 1.57. The molecule has 3 rings (SSSR count). The van der Waals surface area contributed by atoms with Crippen molar-refractivity contribution in [2.45, 2.75) is 24.0 Å². The molecule has 1 amide bonds. The number of amidine groups is 1. The minimum atomic E-state index is -3.87. The van der Waals surface area contributed by atoms with E-state index in [2.05, 4.69) is 4.40 Å². The van der Waals surface area contributed by atoms with Gasteiger partial charge >= 0.3 is 0 Å². The molecule has 2 aromatic carbocycles. The maximum Gasteiger partial charge on any atom is 0.284 e. The number of nitrogens with zero attached hydrogens (tertiary/aromatic N) is 2. The molecule has 1 aliphatic heterocycles. The third kappa shape index (κ3) is 3.22. The molecule has 1 heterocycles. The Kier molecular flexibility index (Phi) is 4.47. The second-order valence-electron chi connectivity index (χ2n) is 5.43. The molecule has 0 aliphatic carbocycles. The van der Waals surface area contributed by atoms with Crippen molar-refractivity contribution in [2.75, 3.05) is 4.90 Å². The van der Waals surface area contributed by atoms with E-state index in [4.69, 9.17) is 0 Å². The van der Waals surface area contributed by atoms with Crippen LogP contribution in [0.2, 0.25) is 0 Å². The van der Waals surface area contributed by atoms with Crippen LogP contribution in [0.1, 0.15) is 12.5 Å². The van der Waals surface area contributed by atoms with Gasteiger partial charge < -0.3 is 0 Å². The molecule has 0 spiro atoms. The summed E-state index contributed by atoms with van der Waals surface area (Å²) in [5, 5.41) is -0.198. The fourth-order valence-corrected chi connectivity index (χ4v) is 4.44. The van der Waals surface area contributed by atoms with Gasteiger partial charge in [-0.05, 0) is 38.1 Å². The van der Waals surface area contributed by atoms with Gasteiger partial charge in [-0.1, -0.05) is 47.7 Å². The molecule has 1 saturated heterocycles. The quantitative estimate of drug-likeness (QED) is 0.843. The third-order valence-electron chi connectivity index (χ3n) is 3.57. The van der Waals surface area contributed by atoms with Crippen molar-refractivity contribution in [1.29, 1.82) is 0 Å². The summed E-state index contributed by atoms with van der Waals surface area (Å²) in [6.45, 7) is 3.62. The number of para-hydroxylation sites is 1. The number of carbonyl (C=O) groups excluding carboxylic acids is 1. The van der Waals surface area contributed by atoms with Crippen LogP contribution in [-0.2, 0) is 14.8 Å². The number of benzene rings is 2. The van der Waals surface area contributed by atoms with Crippen LogP contribution in [0.5, 0.6) is 0 Å². The lowest BCUT2D eigenvalue weighted by Crippen LogP contribution is -2.31. The zero-order chi connectivity index (χ0) is 17.3. The summed E-state index contributed by atoms with van der Waals surface area (Å²) < 4.78 is 29.0. The summed E-state index contributed by atoms with van der Waals surface area (Å²) in [6.07, 6.45) is 0. The van der Waals surface area contributed by atoms with Crippen LogP contribution >= 0.6 is 11.8 Å². The predicted octanol–water partition coefficient (Wildman–Crippen LogP) is 3.21. The van der Waals surface area contributed by atoms with Crippen LogP contribution in [0.25, 0.3) is 0 Å². The van der Waals surface area contributed by atoms with E-state index in [1.807, 2.05) is 13.0 Å². The van der Waals surface area contributed by atoms with Gasteiger partial charge in [-0.15, -0.1) is 4.40 Å². The van der Waals surface area contributed by atoms with Crippen molar-refractivity contribution in [1.82, 2.24) is 0 Å². The maximum absolute atomic E-state index is 12.6. The summed E-state index contributed by atoms with van der Waals surface area (Å²) in [5.74, 6) is -0.177. The molecule has 0 aromatic heterocycles. The van der Waals surface area contributed by atoms with Crippen molar-refractivity contribution in [3.05, 3.63) is 60.2 Å². The first-order chi connectivity index (χ1) is 11.4. The highest BCUT2D eigenvalue weighted by molar-refractivity contribution is 8.16. The Morgan fingerprint density at radius 1 is 1.04 bits per heavy atom. The molecule has 1 unspecified atom stereocenters. The summed E-state index contributed by atoms with van der Waals surface area (Å²) in [7, 11) is -3.87. The first-order valence-electron chi connectivity index (χ1n) is 7.36. The number of thioether (sulfide) groups is 1. The molecule has 0 N–H and O–H groups in total. The Balaban J connectivity index is 2.04. The van der Waals surface area contributed by atoms with E-state index in [9.17, 15) is 13.2 Å². The van der Waals surface area contributed by atoms with Crippen molar-refractivity contribution >= 4 is 38.5 Å². The van der Waals surface area contributed by atoms with E-state index < -0.39 is 10.0 Å². The average molecular weight is 360 g/mol. The molecular formula is C17H16N2O3S2. The molecule has 1 fully saturated rings. The number of rotatable bonds is 3. The van der Waals surface area contributed by atoms with Gasteiger partial charge in [-0.2, -0.15) is 8.42 Å². The maximum atomic E-state index is 12.6. The number of amides is 1. The molecule has 1 atom stereocenters. The molecule has 1 aliphatic rings. The van der Waals surface area contributed by atoms with Crippen molar-refractivity contribution in [2.24, 2.45) is 4.40 Å². The highest BCUT2D eigenvalue weighted by Gasteiger charge is 2.37. The minimum Gasteiger partial charge on any atom is -0.273 e. The van der Waals surface area contributed by atoms with E-state index in [0.717, 1.165) is 17.3 Å². The molecule has 24 heavy (non-hydrogen) atoms. The van der Waals surface area contributed by atoms with Crippen LogP contribution in [0.3, 0.4) is 0 Å². The standard InChI is InChI=1S/C17H16N2O3S2/c1-12-8-10-15(11-9-12)24(21,22)18-17-19(16(20)13(2)23-17)14-6-4-3-5-7-14/h3-11,13H,1-2H3/b18-17+. The van der Waals surface area contributed by atoms with Gasteiger partial charge in [0.05, 0.1) is 15.8 Å². The van der Waals surface area contributed by atoms with Gasteiger partial charge in [0.15, 0.2) is 5.17 Å². The van der Waals surface area contributed by atoms with Gasteiger partial charge in [0, 0.05) is 0 Å². The van der Waals surface area contributed by atoms with E-state index in [-0.39, 0.29) is 21.2 Å². The highest BCUT2D eigenvalue weighted by atomic mass is 32.2. The molecule has 7 heteroatoms. The average Bonchev–Trinajstić information content (AvgIpc) is 2.82. The van der Waals surface area contributed by atoms with Crippen LogP contribution in [-0.4, -0.2) is 24.7 Å². The van der Waals surface area contributed by atoms with Crippen LogP contribution < -0.4 is 4.90 Å². The number of hydrogen-bond donors (Lipinski definition) is 0. The monoisotopic (exact) mass is 360 g/mol. The number of hydrogen-bond acceptors (Lipinski definition) is 4. The van der Waals surface area contributed by atoms with Crippen LogP contribution in [0.4, 0.5) is 5.69 Å². The zero-order valence-electron chi connectivity index (χ0n) is 13.2. The number of aryl methyl sites for hydroxylation is 1. The normalized spacial score (nSPS) is 19.9. The van der Waals surface area contributed by atoms with Crippen LogP contribution in [0, 0.1) is 6.92 Å². The second-order valence-corrected chi connectivity index (χ2v) is 8.34. The number of sulfonamides is 1. The smallest absolute Gasteiger partial charge is 0.273 e. The molecule has 0 bridgehead atoms. The van der Waals surface area contributed by atoms with E-state index in [1.165, 1.54) is 17.0 Å². The topological polar surface area (TPSA) is 66.8 Å². The summed E-state index contributed by atoms with van der Waals surface area (Å²) in [4.78, 5) is 13.9. The van der Waals surface area contributed by atoms with E-state index >= 15 is 0 Å². The van der Waals surface area contributed by atoms with Gasteiger partial charge in [-0.25, -0.2) is 0 Å². The lowest BCUT2D eigenvalue weighted by atomic mass is 10.2. The molecular weight excluding hydrogens is 344 g/mol.